The normalized spacial score (nSPS) is 11.0. The maximum absolute atomic E-state index is 12.8. The van der Waals surface area contributed by atoms with Gasteiger partial charge in [-0.2, -0.15) is 0 Å². The van der Waals surface area contributed by atoms with Crippen LogP contribution in [0.5, 0.6) is 0 Å². The van der Waals surface area contributed by atoms with Crippen molar-refractivity contribution in [1.82, 2.24) is 29.9 Å². The summed E-state index contributed by atoms with van der Waals surface area (Å²) in [4.78, 5) is 26.9. The lowest BCUT2D eigenvalue weighted by Crippen LogP contribution is -2.16. The first-order valence-electron chi connectivity index (χ1n) is 8.68. The van der Waals surface area contributed by atoms with Crippen molar-refractivity contribution in [1.29, 1.82) is 0 Å². The van der Waals surface area contributed by atoms with E-state index in [-0.39, 0.29) is 11.8 Å². The highest BCUT2D eigenvalue weighted by molar-refractivity contribution is 7.16. The summed E-state index contributed by atoms with van der Waals surface area (Å²) in [5.74, 6) is -0.0809. The minimum Gasteiger partial charge on any atom is -0.296 e. The van der Waals surface area contributed by atoms with E-state index in [0.29, 0.717) is 16.5 Å². The minimum absolute atomic E-state index is 0.254. The maximum Gasteiger partial charge on any atom is 0.277 e. The predicted octanol–water partition coefficient (Wildman–Crippen LogP) is 3.56. The molecule has 0 aliphatic rings. The quantitative estimate of drug-likeness (QED) is 0.558. The molecule has 4 heterocycles. The summed E-state index contributed by atoms with van der Waals surface area (Å²) in [5.41, 5.74) is 2.59. The Bertz CT molecular complexity index is 1090. The molecule has 1 N–H and O–H groups in total. The first-order chi connectivity index (χ1) is 13.6. The number of thiazole rings is 1. The maximum atomic E-state index is 12.8. The van der Waals surface area contributed by atoms with Crippen LogP contribution in [0.2, 0.25) is 0 Å². The molecule has 4 aromatic heterocycles. The zero-order valence-electron chi connectivity index (χ0n) is 15.3. The Morgan fingerprint density at radius 3 is 2.68 bits per heavy atom. The Kier molecular flexibility index (Phi) is 4.90. The van der Waals surface area contributed by atoms with Crippen molar-refractivity contribution in [3.05, 3.63) is 65.7 Å². The molecule has 0 unspecified atom stereocenters. The second kappa shape index (κ2) is 7.65. The van der Waals surface area contributed by atoms with Crippen LogP contribution in [0.3, 0.4) is 0 Å². The fourth-order valence-electron chi connectivity index (χ4n) is 2.69. The van der Waals surface area contributed by atoms with Crippen LogP contribution in [-0.2, 0) is 0 Å². The van der Waals surface area contributed by atoms with Crippen LogP contribution in [-0.4, -0.2) is 35.9 Å². The van der Waals surface area contributed by atoms with Crippen LogP contribution in [0.4, 0.5) is 5.13 Å². The Labute approximate surface area is 165 Å². The number of amides is 1. The van der Waals surface area contributed by atoms with Gasteiger partial charge in [-0.3, -0.25) is 20.1 Å². The van der Waals surface area contributed by atoms with Crippen molar-refractivity contribution < 1.29 is 4.79 Å². The number of hydrogen-bond donors (Lipinski definition) is 1. The number of carbonyl (C=O) groups is 1. The van der Waals surface area contributed by atoms with Gasteiger partial charge >= 0.3 is 0 Å². The van der Waals surface area contributed by atoms with E-state index in [0.717, 1.165) is 16.3 Å². The molecule has 0 saturated heterocycles. The van der Waals surface area contributed by atoms with E-state index in [2.05, 4.69) is 44.4 Å². The lowest BCUT2D eigenvalue weighted by molar-refractivity contribution is 0.101. The SMILES string of the molecule is CC(C)c1sc(NC(=O)c2cnnn2-c2ccncc2)nc1-c1ccccn1. The highest BCUT2D eigenvalue weighted by Gasteiger charge is 2.20. The molecule has 0 fully saturated rings. The Balaban J connectivity index is 1.64. The summed E-state index contributed by atoms with van der Waals surface area (Å²) in [6.45, 7) is 4.18. The number of nitrogens with one attached hydrogen (secondary N) is 1. The molecule has 0 aromatic carbocycles. The van der Waals surface area contributed by atoms with Crippen molar-refractivity contribution in [2.75, 3.05) is 5.32 Å². The summed E-state index contributed by atoms with van der Waals surface area (Å²) in [6, 6.07) is 9.20. The van der Waals surface area contributed by atoms with Crippen LogP contribution < -0.4 is 5.32 Å². The molecule has 140 valence electrons. The topological polar surface area (TPSA) is 98.5 Å². The van der Waals surface area contributed by atoms with Gasteiger partial charge in [0.2, 0.25) is 0 Å². The van der Waals surface area contributed by atoms with Crippen molar-refractivity contribution in [3.8, 4) is 17.1 Å². The number of hydrogen-bond acceptors (Lipinski definition) is 7. The van der Waals surface area contributed by atoms with Gasteiger partial charge in [-0.25, -0.2) is 9.67 Å². The van der Waals surface area contributed by atoms with E-state index in [4.69, 9.17) is 0 Å². The van der Waals surface area contributed by atoms with Gasteiger partial charge in [0.05, 0.1) is 17.6 Å². The smallest absolute Gasteiger partial charge is 0.277 e. The molecule has 4 aromatic rings. The molecule has 0 atom stereocenters. The number of anilines is 1. The van der Waals surface area contributed by atoms with Crippen LogP contribution in [0, 0.1) is 0 Å². The highest BCUT2D eigenvalue weighted by atomic mass is 32.1. The number of pyridine rings is 2. The second-order valence-electron chi connectivity index (χ2n) is 6.29. The number of rotatable bonds is 5. The molecule has 0 saturated carbocycles. The second-order valence-corrected chi connectivity index (χ2v) is 7.32. The van der Waals surface area contributed by atoms with Gasteiger partial charge in [0, 0.05) is 23.5 Å². The van der Waals surface area contributed by atoms with E-state index >= 15 is 0 Å². The van der Waals surface area contributed by atoms with E-state index in [1.165, 1.54) is 22.2 Å². The molecule has 0 radical (unpaired) electrons. The van der Waals surface area contributed by atoms with Crippen molar-refractivity contribution >= 4 is 22.4 Å². The first-order valence-corrected chi connectivity index (χ1v) is 9.49. The lowest BCUT2D eigenvalue weighted by atomic mass is 10.1. The van der Waals surface area contributed by atoms with E-state index in [1.54, 1.807) is 30.7 Å². The fraction of sp³-hybridized carbons (Fsp3) is 0.158. The summed E-state index contributed by atoms with van der Waals surface area (Å²) in [7, 11) is 0. The van der Waals surface area contributed by atoms with E-state index < -0.39 is 0 Å². The zero-order chi connectivity index (χ0) is 19.5. The van der Waals surface area contributed by atoms with Crippen LogP contribution in [0.15, 0.2) is 55.1 Å². The zero-order valence-corrected chi connectivity index (χ0v) is 16.1. The molecule has 28 heavy (non-hydrogen) atoms. The van der Waals surface area contributed by atoms with E-state index in [9.17, 15) is 4.79 Å². The molecular weight excluding hydrogens is 374 g/mol. The third kappa shape index (κ3) is 3.52. The molecule has 0 aliphatic carbocycles. The average Bonchev–Trinajstić information content (AvgIpc) is 3.37. The molecule has 0 aliphatic heterocycles. The third-order valence-electron chi connectivity index (χ3n) is 3.99. The van der Waals surface area contributed by atoms with Crippen LogP contribution >= 0.6 is 11.3 Å². The lowest BCUT2D eigenvalue weighted by Gasteiger charge is -2.05. The Morgan fingerprint density at radius 1 is 1.14 bits per heavy atom. The number of carbonyl (C=O) groups excluding carboxylic acids is 1. The van der Waals surface area contributed by atoms with Gasteiger partial charge in [0.1, 0.15) is 5.69 Å². The first kappa shape index (κ1) is 17.9. The van der Waals surface area contributed by atoms with Crippen molar-refractivity contribution in [2.45, 2.75) is 19.8 Å². The summed E-state index contributed by atoms with van der Waals surface area (Å²) >= 11 is 1.45. The summed E-state index contributed by atoms with van der Waals surface area (Å²) in [6.07, 6.45) is 6.42. The van der Waals surface area contributed by atoms with Crippen LogP contribution in [0.1, 0.15) is 35.1 Å². The number of nitrogens with zero attached hydrogens (tertiary/aromatic N) is 6. The van der Waals surface area contributed by atoms with Gasteiger partial charge in [-0.15, -0.1) is 16.4 Å². The minimum atomic E-state index is -0.335. The van der Waals surface area contributed by atoms with E-state index in [1.807, 2.05) is 18.2 Å². The average molecular weight is 391 g/mol. The summed E-state index contributed by atoms with van der Waals surface area (Å²) in [5, 5.41) is 11.2. The monoisotopic (exact) mass is 391 g/mol. The van der Waals surface area contributed by atoms with Gasteiger partial charge in [0.25, 0.3) is 5.91 Å². The van der Waals surface area contributed by atoms with Crippen LogP contribution in [0.25, 0.3) is 17.1 Å². The Hall–Kier alpha value is -3.46. The largest absolute Gasteiger partial charge is 0.296 e. The fourth-order valence-corrected chi connectivity index (χ4v) is 3.66. The molecule has 1 amide bonds. The summed E-state index contributed by atoms with van der Waals surface area (Å²) < 4.78 is 1.47. The number of aromatic nitrogens is 6. The predicted molar refractivity (Wildman–Crippen MR) is 107 cm³/mol. The molecule has 0 bridgehead atoms. The van der Waals surface area contributed by atoms with Crippen molar-refractivity contribution in [3.63, 3.8) is 0 Å². The Morgan fingerprint density at radius 2 is 1.96 bits per heavy atom. The van der Waals surface area contributed by atoms with Crippen molar-refractivity contribution in [2.24, 2.45) is 0 Å². The third-order valence-corrected chi connectivity index (χ3v) is 5.27. The molecule has 9 heteroatoms. The standard InChI is InChI=1S/C19H17N7OS/c1-12(2)17-16(14-5-3-4-8-21-14)23-19(28-17)24-18(27)15-11-22-25-26(15)13-6-9-20-10-7-13/h3-12H,1-2H3,(H,23,24,27). The molecule has 0 spiro atoms. The van der Waals surface area contributed by atoms with Gasteiger partial charge in [-0.1, -0.05) is 25.1 Å². The highest BCUT2D eigenvalue weighted by Crippen LogP contribution is 2.35. The molecular formula is C19H17N7OS. The molecule has 8 nitrogen and oxygen atoms in total. The van der Waals surface area contributed by atoms with Gasteiger partial charge in [0.15, 0.2) is 10.8 Å². The van der Waals surface area contributed by atoms with Gasteiger partial charge in [-0.05, 0) is 30.2 Å². The molecule has 4 rings (SSSR count). The van der Waals surface area contributed by atoms with Gasteiger partial charge < -0.3 is 0 Å².